The van der Waals surface area contributed by atoms with E-state index in [1.54, 1.807) is 48.5 Å². The average Bonchev–Trinajstić information content (AvgIpc) is 3.36. The molecule has 6 heteroatoms. The number of carbonyl (C=O) groups excluding carboxylic acids is 1. The van der Waals surface area contributed by atoms with Crippen LogP contribution in [0.4, 0.5) is 13.2 Å². The molecule has 1 aliphatic carbocycles. The van der Waals surface area contributed by atoms with Crippen LogP contribution >= 0.6 is 0 Å². The van der Waals surface area contributed by atoms with Gasteiger partial charge in [0, 0.05) is 5.92 Å². The summed E-state index contributed by atoms with van der Waals surface area (Å²) in [7, 11) is 0. The Balaban J connectivity index is 1.73. The highest BCUT2D eigenvalue weighted by Crippen LogP contribution is 2.46. The lowest BCUT2D eigenvalue weighted by Crippen LogP contribution is -2.18. The van der Waals surface area contributed by atoms with Gasteiger partial charge in [0.25, 0.3) is 0 Å². The number of ketones is 1. The van der Waals surface area contributed by atoms with Crippen molar-refractivity contribution in [3.05, 3.63) is 95.1 Å². The summed E-state index contributed by atoms with van der Waals surface area (Å²) in [5.74, 6) is -1.37. The van der Waals surface area contributed by atoms with E-state index in [9.17, 15) is 18.0 Å². The Hall–Kier alpha value is -3.28. The van der Waals surface area contributed by atoms with Crippen molar-refractivity contribution < 1.29 is 27.4 Å². The van der Waals surface area contributed by atoms with Crippen molar-refractivity contribution in [3.63, 3.8) is 0 Å². The molecule has 1 aliphatic rings. The van der Waals surface area contributed by atoms with Crippen LogP contribution in [0.1, 0.15) is 52.7 Å². The summed E-state index contributed by atoms with van der Waals surface area (Å²) >= 11 is 0. The predicted molar refractivity (Wildman–Crippen MR) is 119 cm³/mol. The number of alkyl halides is 3. The minimum atomic E-state index is -4.76. The summed E-state index contributed by atoms with van der Waals surface area (Å²) in [6.07, 6.45) is -1.58. The van der Waals surface area contributed by atoms with Crippen LogP contribution < -0.4 is 9.47 Å². The van der Waals surface area contributed by atoms with Gasteiger partial charge >= 0.3 is 6.18 Å². The molecule has 0 atom stereocenters. The Kier molecular flexibility index (Phi) is 7.02. The first-order valence-electron chi connectivity index (χ1n) is 11.1. The highest BCUT2D eigenvalue weighted by molar-refractivity contribution is 6.01. The van der Waals surface area contributed by atoms with Gasteiger partial charge in [0.1, 0.15) is 30.3 Å². The molecule has 0 bridgehead atoms. The van der Waals surface area contributed by atoms with Crippen LogP contribution in [0.15, 0.2) is 72.8 Å². The molecule has 0 N–H and O–H groups in total. The number of ether oxygens (including phenoxy) is 2. The van der Waals surface area contributed by atoms with Crippen molar-refractivity contribution in [2.24, 2.45) is 5.92 Å². The Labute approximate surface area is 191 Å². The number of rotatable bonds is 8. The van der Waals surface area contributed by atoms with E-state index in [-0.39, 0.29) is 36.2 Å². The van der Waals surface area contributed by atoms with Crippen LogP contribution in [-0.2, 0) is 19.4 Å². The molecule has 3 aromatic rings. The molecule has 0 amide bonds. The van der Waals surface area contributed by atoms with Crippen LogP contribution in [0.5, 0.6) is 11.5 Å². The van der Waals surface area contributed by atoms with Crippen LogP contribution in [-0.4, -0.2) is 5.78 Å². The molecule has 0 radical (unpaired) electrons. The van der Waals surface area contributed by atoms with Gasteiger partial charge in [0.15, 0.2) is 5.78 Å². The van der Waals surface area contributed by atoms with E-state index in [1.807, 2.05) is 12.1 Å². The maximum atomic E-state index is 14.3. The molecule has 1 fully saturated rings. The van der Waals surface area contributed by atoms with Gasteiger partial charge in [-0.15, -0.1) is 0 Å². The third-order valence-corrected chi connectivity index (χ3v) is 5.86. The second-order valence-electron chi connectivity index (χ2n) is 8.21. The summed E-state index contributed by atoms with van der Waals surface area (Å²) < 4.78 is 54.3. The maximum Gasteiger partial charge on any atom is 0.423 e. The predicted octanol–water partition coefficient (Wildman–Crippen LogP) is 7.24. The van der Waals surface area contributed by atoms with Gasteiger partial charge in [-0.1, -0.05) is 73.5 Å². The fourth-order valence-electron chi connectivity index (χ4n) is 4.17. The van der Waals surface area contributed by atoms with Gasteiger partial charge < -0.3 is 9.47 Å². The molecule has 172 valence electrons. The third kappa shape index (κ3) is 5.56. The Bertz CT molecular complexity index is 1070. The lowest BCUT2D eigenvalue weighted by molar-refractivity contribution is -0.140. The zero-order valence-electron chi connectivity index (χ0n) is 18.1. The summed E-state index contributed by atoms with van der Waals surface area (Å²) in [5, 5.41) is 0. The molecule has 4 rings (SSSR count). The molecule has 3 nitrogen and oxygen atoms in total. The fourth-order valence-corrected chi connectivity index (χ4v) is 4.17. The van der Waals surface area contributed by atoms with Crippen molar-refractivity contribution in [1.82, 2.24) is 0 Å². The average molecular weight is 454 g/mol. The zero-order chi connectivity index (χ0) is 23.3. The quantitative estimate of drug-likeness (QED) is 0.337. The van der Waals surface area contributed by atoms with Crippen LogP contribution in [0.2, 0.25) is 0 Å². The number of benzene rings is 3. The van der Waals surface area contributed by atoms with E-state index >= 15 is 0 Å². The first kappa shape index (κ1) is 22.9. The molecule has 0 heterocycles. The SMILES string of the molecule is O=C(c1ccc(OCc2ccccc2)c(C(F)(F)F)c1OCc1ccccc1)C1CCCC1. The van der Waals surface area contributed by atoms with Crippen molar-refractivity contribution in [2.45, 2.75) is 45.1 Å². The van der Waals surface area contributed by atoms with Gasteiger partial charge in [-0.3, -0.25) is 4.79 Å². The first-order chi connectivity index (χ1) is 15.9. The maximum absolute atomic E-state index is 14.3. The molecule has 1 saturated carbocycles. The van der Waals surface area contributed by atoms with E-state index in [2.05, 4.69) is 0 Å². The van der Waals surface area contributed by atoms with E-state index in [0.717, 1.165) is 18.4 Å². The molecular formula is C27H25F3O3. The Morgan fingerprint density at radius 1 is 0.788 bits per heavy atom. The van der Waals surface area contributed by atoms with Gasteiger partial charge in [-0.05, 0) is 36.1 Å². The Morgan fingerprint density at radius 3 is 1.88 bits per heavy atom. The minimum Gasteiger partial charge on any atom is -0.488 e. The van der Waals surface area contributed by atoms with Gasteiger partial charge in [0.2, 0.25) is 0 Å². The zero-order valence-corrected chi connectivity index (χ0v) is 18.1. The molecule has 0 aliphatic heterocycles. The lowest BCUT2D eigenvalue weighted by Gasteiger charge is -2.22. The molecule has 0 aromatic heterocycles. The smallest absolute Gasteiger partial charge is 0.423 e. The van der Waals surface area contributed by atoms with E-state index < -0.39 is 17.5 Å². The summed E-state index contributed by atoms with van der Waals surface area (Å²) in [4.78, 5) is 13.2. The molecule has 0 saturated heterocycles. The largest absolute Gasteiger partial charge is 0.488 e. The molecular weight excluding hydrogens is 429 g/mol. The number of hydrogen-bond acceptors (Lipinski definition) is 3. The standard InChI is InChI=1S/C27H25F3O3/c28-27(29,30)24-23(32-17-19-9-3-1-4-10-19)16-15-22(25(31)21-13-7-8-14-21)26(24)33-18-20-11-5-2-6-12-20/h1-6,9-12,15-16,21H,7-8,13-14,17-18H2. The summed E-state index contributed by atoms with van der Waals surface area (Å²) in [6, 6.07) is 20.5. The molecule has 0 spiro atoms. The van der Waals surface area contributed by atoms with Gasteiger partial charge in [-0.25, -0.2) is 0 Å². The second kappa shape index (κ2) is 10.1. The fraction of sp³-hybridized carbons (Fsp3) is 0.296. The van der Waals surface area contributed by atoms with Crippen molar-refractivity contribution >= 4 is 5.78 Å². The summed E-state index contributed by atoms with van der Waals surface area (Å²) in [5.41, 5.74) is 0.374. The van der Waals surface area contributed by atoms with E-state index in [4.69, 9.17) is 9.47 Å². The van der Waals surface area contributed by atoms with Crippen LogP contribution in [0.3, 0.4) is 0 Å². The highest BCUT2D eigenvalue weighted by Gasteiger charge is 2.41. The normalized spacial score (nSPS) is 14.3. The molecule has 33 heavy (non-hydrogen) atoms. The third-order valence-electron chi connectivity index (χ3n) is 5.86. The van der Waals surface area contributed by atoms with Crippen molar-refractivity contribution in [1.29, 1.82) is 0 Å². The topological polar surface area (TPSA) is 35.5 Å². The lowest BCUT2D eigenvalue weighted by atomic mass is 9.93. The molecule has 3 aromatic carbocycles. The van der Waals surface area contributed by atoms with Gasteiger partial charge in [0.05, 0.1) is 5.56 Å². The van der Waals surface area contributed by atoms with Crippen LogP contribution in [0, 0.1) is 5.92 Å². The number of hydrogen-bond donors (Lipinski definition) is 0. The number of Topliss-reactive ketones (excluding diaryl/α,β-unsaturated/α-hetero) is 1. The highest BCUT2D eigenvalue weighted by atomic mass is 19.4. The first-order valence-corrected chi connectivity index (χ1v) is 11.1. The monoisotopic (exact) mass is 454 g/mol. The van der Waals surface area contributed by atoms with Crippen LogP contribution in [0.25, 0.3) is 0 Å². The Morgan fingerprint density at radius 2 is 1.33 bits per heavy atom. The number of halogens is 3. The second-order valence-corrected chi connectivity index (χ2v) is 8.21. The number of carbonyl (C=O) groups is 1. The minimum absolute atomic E-state index is 0.0298. The van der Waals surface area contributed by atoms with Crippen molar-refractivity contribution in [2.75, 3.05) is 0 Å². The van der Waals surface area contributed by atoms with Gasteiger partial charge in [-0.2, -0.15) is 13.2 Å². The summed E-state index contributed by atoms with van der Waals surface area (Å²) in [6.45, 7) is -0.116. The van der Waals surface area contributed by atoms with E-state index in [0.29, 0.717) is 18.4 Å². The van der Waals surface area contributed by atoms with Crippen molar-refractivity contribution in [3.8, 4) is 11.5 Å². The van der Waals surface area contributed by atoms with E-state index in [1.165, 1.54) is 12.1 Å². The molecule has 0 unspecified atom stereocenters.